The molecule has 0 heterocycles. The Balaban J connectivity index is 2.40. The summed E-state index contributed by atoms with van der Waals surface area (Å²) < 4.78 is 5.33. The molecule has 0 saturated heterocycles. The molecule has 19 heavy (non-hydrogen) atoms. The molecule has 112 valence electrons. The first-order valence-corrected chi connectivity index (χ1v) is 7.60. The normalized spacial score (nSPS) is 21.1. The predicted octanol–water partition coefficient (Wildman–Crippen LogP) is 1.86. The van der Waals surface area contributed by atoms with Gasteiger partial charge in [0.1, 0.15) is 5.78 Å². The SMILES string of the molecule is CC(C)N(CCOCCO)CC1CCCCCC1=O. The summed E-state index contributed by atoms with van der Waals surface area (Å²) in [4.78, 5) is 14.4. The third-order valence-electron chi connectivity index (χ3n) is 3.87. The van der Waals surface area contributed by atoms with Gasteiger partial charge in [0.2, 0.25) is 0 Å². The van der Waals surface area contributed by atoms with Crippen molar-refractivity contribution in [3.63, 3.8) is 0 Å². The van der Waals surface area contributed by atoms with Crippen LogP contribution in [0.1, 0.15) is 46.0 Å². The van der Waals surface area contributed by atoms with Crippen molar-refractivity contribution in [1.29, 1.82) is 0 Å². The minimum atomic E-state index is 0.0722. The lowest BCUT2D eigenvalue weighted by Crippen LogP contribution is -2.39. The number of hydrogen-bond acceptors (Lipinski definition) is 4. The third kappa shape index (κ3) is 6.50. The number of nitrogens with zero attached hydrogens (tertiary/aromatic N) is 1. The highest BCUT2D eigenvalue weighted by Crippen LogP contribution is 2.21. The van der Waals surface area contributed by atoms with Crippen molar-refractivity contribution >= 4 is 5.78 Å². The van der Waals surface area contributed by atoms with Crippen LogP contribution in [-0.4, -0.2) is 54.7 Å². The lowest BCUT2D eigenvalue weighted by Gasteiger charge is -2.29. The van der Waals surface area contributed by atoms with Crippen LogP contribution in [0.3, 0.4) is 0 Å². The molecule has 1 rings (SSSR count). The fraction of sp³-hybridized carbons (Fsp3) is 0.933. The van der Waals surface area contributed by atoms with Gasteiger partial charge >= 0.3 is 0 Å². The summed E-state index contributed by atoms with van der Waals surface area (Å²) in [6, 6.07) is 0.425. The van der Waals surface area contributed by atoms with Crippen LogP contribution in [-0.2, 0) is 9.53 Å². The Morgan fingerprint density at radius 2 is 2.11 bits per heavy atom. The van der Waals surface area contributed by atoms with Crippen LogP contribution in [0, 0.1) is 5.92 Å². The third-order valence-corrected chi connectivity index (χ3v) is 3.87. The highest BCUT2D eigenvalue weighted by Gasteiger charge is 2.24. The number of aliphatic hydroxyl groups excluding tert-OH is 1. The summed E-state index contributed by atoms with van der Waals surface area (Å²) in [5, 5.41) is 8.68. The molecule has 0 aromatic carbocycles. The molecule has 4 nitrogen and oxygen atoms in total. The first-order chi connectivity index (χ1) is 9.15. The van der Waals surface area contributed by atoms with Crippen molar-refractivity contribution in [2.24, 2.45) is 5.92 Å². The molecule has 0 bridgehead atoms. The maximum Gasteiger partial charge on any atom is 0.137 e. The zero-order valence-corrected chi connectivity index (χ0v) is 12.4. The van der Waals surface area contributed by atoms with Crippen molar-refractivity contribution in [3.8, 4) is 0 Å². The van der Waals surface area contributed by atoms with Gasteiger partial charge in [-0.05, 0) is 26.7 Å². The average Bonchev–Trinajstić information content (AvgIpc) is 2.58. The van der Waals surface area contributed by atoms with Crippen LogP contribution < -0.4 is 0 Å². The maximum absolute atomic E-state index is 12.1. The number of aliphatic hydroxyl groups is 1. The smallest absolute Gasteiger partial charge is 0.137 e. The molecule has 1 saturated carbocycles. The van der Waals surface area contributed by atoms with Gasteiger partial charge in [-0.2, -0.15) is 0 Å². The quantitative estimate of drug-likeness (QED) is 0.541. The number of rotatable bonds is 8. The fourth-order valence-electron chi connectivity index (χ4n) is 2.62. The number of hydrogen-bond donors (Lipinski definition) is 1. The zero-order chi connectivity index (χ0) is 14.1. The summed E-state index contributed by atoms with van der Waals surface area (Å²) in [6.07, 6.45) is 5.25. The monoisotopic (exact) mass is 271 g/mol. The second-order valence-corrected chi connectivity index (χ2v) is 5.69. The van der Waals surface area contributed by atoms with Crippen molar-refractivity contribution in [2.75, 3.05) is 32.9 Å². The summed E-state index contributed by atoms with van der Waals surface area (Å²) in [5.41, 5.74) is 0. The molecule has 1 aliphatic carbocycles. The van der Waals surface area contributed by atoms with Gasteiger partial charge in [0.15, 0.2) is 0 Å². The molecule has 4 heteroatoms. The van der Waals surface area contributed by atoms with Gasteiger partial charge in [0, 0.05) is 31.5 Å². The van der Waals surface area contributed by atoms with Gasteiger partial charge in [-0.1, -0.05) is 12.8 Å². The number of ketones is 1. The van der Waals surface area contributed by atoms with Crippen LogP contribution in [0.2, 0.25) is 0 Å². The van der Waals surface area contributed by atoms with E-state index in [0.717, 1.165) is 32.4 Å². The highest BCUT2D eigenvalue weighted by atomic mass is 16.5. The van der Waals surface area contributed by atoms with E-state index in [1.54, 1.807) is 0 Å². The topological polar surface area (TPSA) is 49.8 Å². The molecular weight excluding hydrogens is 242 g/mol. The van der Waals surface area contributed by atoms with Crippen LogP contribution >= 0.6 is 0 Å². The largest absolute Gasteiger partial charge is 0.394 e. The molecule has 1 aliphatic rings. The average molecular weight is 271 g/mol. The Kier molecular flexibility index (Phi) is 8.26. The Hall–Kier alpha value is -0.450. The molecule has 0 spiro atoms. The Labute approximate surface area is 117 Å². The van der Waals surface area contributed by atoms with Crippen molar-refractivity contribution in [3.05, 3.63) is 0 Å². The van der Waals surface area contributed by atoms with E-state index in [2.05, 4.69) is 18.7 Å². The van der Waals surface area contributed by atoms with E-state index in [4.69, 9.17) is 9.84 Å². The Morgan fingerprint density at radius 3 is 2.79 bits per heavy atom. The minimum Gasteiger partial charge on any atom is -0.394 e. The van der Waals surface area contributed by atoms with Crippen LogP contribution in [0.4, 0.5) is 0 Å². The van der Waals surface area contributed by atoms with E-state index >= 15 is 0 Å². The molecule has 0 aliphatic heterocycles. The molecular formula is C15H29NO3. The zero-order valence-electron chi connectivity index (χ0n) is 12.4. The highest BCUT2D eigenvalue weighted by molar-refractivity contribution is 5.81. The Bertz CT molecular complexity index is 256. The molecule has 1 unspecified atom stereocenters. The number of ether oxygens (including phenoxy) is 1. The van der Waals surface area contributed by atoms with Gasteiger partial charge in [-0.25, -0.2) is 0 Å². The molecule has 1 N–H and O–H groups in total. The van der Waals surface area contributed by atoms with Crippen molar-refractivity contribution in [1.82, 2.24) is 4.90 Å². The maximum atomic E-state index is 12.1. The van der Waals surface area contributed by atoms with E-state index in [0.29, 0.717) is 25.0 Å². The predicted molar refractivity (Wildman–Crippen MR) is 76.2 cm³/mol. The van der Waals surface area contributed by atoms with E-state index in [1.807, 2.05) is 0 Å². The molecule has 0 aromatic rings. The van der Waals surface area contributed by atoms with Crippen LogP contribution in [0.5, 0.6) is 0 Å². The Morgan fingerprint density at radius 1 is 1.32 bits per heavy atom. The summed E-state index contributed by atoms with van der Waals surface area (Å²) in [7, 11) is 0. The van der Waals surface area contributed by atoms with Gasteiger partial charge in [-0.3, -0.25) is 9.69 Å². The van der Waals surface area contributed by atoms with E-state index in [-0.39, 0.29) is 12.5 Å². The van der Waals surface area contributed by atoms with E-state index in [1.165, 1.54) is 12.8 Å². The van der Waals surface area contributed by atoms with Gasteiger partial charge in [-0.15, -0.1) is 0 Å². The lowest BCUT2D eigenvalue weighted by atomic mass is 9.98. The molecule has 1 fully saturated rings. The number of carbonyl (C=O) groups is 1. The fourth-order valence-corrected chi connectivity index (χ4v) is 2.62. The molecule has 0 aromatic heterocycles. The van der Waals surface area contributed by atoms with Crippen LogP contribution in [0.25, 0.3) is 0 Å². The molecule has 0 amide bonds. The summed E-state index contributed by atoms with van der Waals surface area (Å²) in [6.45, 7) is 7.11. The standard InChI is InChI=1S/C15H29NO3/c1-13(2)16(8-10-19-11-9-17)12-14-6-4-3-5-7-15(14)18/h13-14,17H,3-12H2,1-2H3. The first-order valence-electron chi connectivity index (χ1n) is 7.60. The lowest BCUT2D eigenvalue weighted by molar-refractivity contribution is -0.123. The summed E-state index contributed by atoms with van der Waals surface area (Å²) >= 11 is 0. The molecule has 0 radical (unpaired) electrons. The summed E-state index contributed by atoms with van der Waals surface area (Å²) in [5.74, 6) is 0.655. The van der Waals surface area contributed by atoms with Crippen molar-refractivity contribution in [2.45, 2.75) is 52.0 Å². The number of Topliss-reactive ketones (excluding diaryl/α,β-unsaturated/α-hetero) is 1. The second kappa shape index (κ2) is 9.45. The van der Waals surface area contributed by atoms with Crippen molar-refractivity contribution < 1.29 is 14.6 Å². The number of carbonyl (C=O) groups excluding carboxylic acids is 1. The van der Waals surface area contributed by atoms with E-state index < -0.39 is 0 Å². The first kappa shape index (κ1) is 16.6. The molecule has 1 atom stereocenters. The minimum absolute atomic E-state index is 0.0722. The van der Waals surface area contributed by atoms with Gasteiger partial charge in [0.05, 0.1) is 19.8 Å². The second-order valence-electron chi connectivity index (χ2n) is 5.69. The van der Waals surface area contributed by atoms with Crippen LogP contribution in [0.15, 0.2) is 0 Å². The van der Waals surface area contributed by atoms with E-state index in [9.17, 15) is 4.79 Å². The van der Waals surface area contributed by atoms with Gasteiger partial charge < -0.3 is 9.84 Å². The van der Waals surface area contributed by atoms with Gasteiger partial charge in [0.25, 0.3) is 0 Å².